The highest BCUT2D eigenvalue weighted by Crippen LogP contribution is 2.32. The van der Waals surface area contributed by atoms with Crippen molar-refractivity contribution in [3.8, 4) is 5.75 Å². The lowest BCUT2D eigenvalue weighted by molar-refractivity contribution is 0.468. The largest absolute Gasteiger partial charge is 0.506 e. The summed E-state index contributed by atoms with van der Waals surface area (Å²) < 4.78 is 28.4. The third-order valence-electron chi connectivity index (χ3n) is 5.11. The van der Waals surface area contributed by atoms with Crippen molar-refractivity contribution in [2.24, 2.45) is 0 Å². The van der Waals surface area contributed by atoms with Crippen molar-refractivity contribution in [3.05, 3.63) is 93.6 Å². The van der Waals surface area contributed by atoms with Gasteiger partial charge in [0.25, 0.3) is 10.0 Å². The van der Waals surface area contributed by atoms with E-state index in [0.29, 0.717) is 34.6 Å². The number of aromatic nitrogens is 1. The Hall–Kier alpha value is -2.80. The summed E-state index contributed by atoms with van der Waals surface area (Å²) >= 11 is 12.1. The lowest BCUT2D eigenvalue weighted by atomic mass is 10.1. The number of aromatic hydroxyl groups is 1. The quantitative estimate of drug-likeness (QED) is 0.342. The Morgan fingerprint density at radius 2 is 1.72 bits per heavy atom. The van der Waals surface area contributed by atoms with Crippen LogP contribution in [0.1, 0.15) is 16.8 Å². The van der Waals surface area contributed by atoms with E-state index < -0.39 is 10.0 Å². The van der Waals surface area contributed by atoms with Crippen LogP contribution < -0.4 is 4.72 Å². The van der Waals surface area contributed by atoms with Crippen molar-refractivity contribution < 1.29 is 13.5 Å². The summed E-state index contributed by atoms with van der Waals surface area (Å²) in [4.78, 5) is 4.87. The van der Waals surface area contributed by atoms with Crippen LogP contribution in [-0.4, -0.2) is 18.5 Å². The maximum absolute atomic E-state index is 12.9. The first-order valence-corrected chi connectivity index (χ1v) is 12.1. The highest BCUT2D eigenvalue weighted by atomic mass is 35.5. The Labute approximate surface area is 196 Å². The number of pyridine rings is 1. The Morgan fingerprint density at radius 3 is 2.47 bits per heavy atom. The molecule has 0 radical (unpaired) electrons. The van der Waals surface area contributed by atoms with Crippen LogP contribution in [0.5, 0.6) is 5.75 Å². The summed E-state index contributed by atoms with van der Waals surface area (Å²) in [5, 5.41) is 11.6. The van der Waals surface area contributed by atoms with Gasteiger partial charge in [-0.15, -0.1) is 0 Å². The highest BCUT2D eigenvalue weighted by Gasteiger charge is 2.16. The molecular formula is C24H20Cl2N2O3S. The van der Waals surface area contributed by atoms with E-state index in [0.717, 1.165) is 16.6 Å². The number of phenolic OH excluding ortho intramolecular Hbond substituents is 1. The van der Waals surface area contributed by atoms with Gasteiger partial charge in [-0.1, -0.05) is 59.1 Å². The van der Waals surface area contributed by atoms with Crippen molar-refractivity contribution in [2.75, 3.05) is 4.72 Å². The maximum atomic E-state index is 12.9. The molecule has 0 aliphatic heterocycles. The van der Waals surface area contributed by atoms with Gasteiger partial charge < -0.3 is 5.11 Å². The van der Waals surface area contributed by atoms with E-state index >= 15 is 0 Å². The summed E-state index contributed by atoms with van der Waals surface area (Å²) in [6.45, 7) is 1.90. The Bertz CT molecular complexity index is 1410. The van der Waals surface area contributed by atoms with Gasteiger partial charge in [0.2, 0.25) is 0 Å². The van der Waals surface area contributed by atoms with E-state index in [-0.39, 0.29) is 15.7 Å². The molecule has 0 aliphatic carbocycles. The van der Waals surface area contributed by atoms with Crippen LogP contribution >= 0.6 is 23.2 Å². The number of hydrogen-bond donors (Lipinski definition) is 2. The predicted octanol–water partition coefficient (Wildman–Crippen LogP) is 6.14. The van der Waals surface area contributed by atoms with E-state index in [4.69, 9.17) is 23.2 Å². The van der Waals surface area contributed by atoms with Gasteiger partial charge in [-0.3, -0.25) is 9.71 Å². The first-order valence-electron chi connectivity index (χ1n) is 9.88. The molecule has 1 heterocycles. The van der Waals surface area contributed by atoms with Gasteiger partial charge in [-0.25, -0.2) is 8.42 Å². The lowest BCUT2D eigenvalue weighted by Crippen LogP contribution is -2.13. The number of halogens is 2. The van der Waals surface area contributed by atoms with Gasteiger partial charge in [0.15, 0.2) is 0 Å². The normalized spacial score (nSPS) is 11.6. The van der Waals surface area contributed by atoms with E-state index in [9.17, 15) is 13.5 Å². The Balaban J connectivity index is 1.63. The third kappa shape index (κ3) is 4.83. The lowest BCUT2D eigenvalue weighted by Gasteiger charge is -2.12. The number of para-hydroxylation sites is 1. The number of rotatable bonds is 6. The molecular weight excluding hydrogens is 467 g/mol. The van der Waals surface area contributed by atoms with Crippen molar-refractivity contribution in [2.45, 2.75) is 24.7 Å². The maximum Gasteiger partial charge on any atom is 0.261 e. The van der Waals surface area contributed by atoms with E-state index in [1.165, 1.54) is 6.07 Å². The summed E-state index contributed by atoms with van der Waals surface area (Å²) in [6.07, 6.45) is 0.987. The minimum Gasteiger partial charge on any atom is -0.506 e. The minimum atomic E-state index is -3.76. The van der Waals surface area contributed by atoms with Crippen molar-refractivity contribution in [1.29, 1.82) is 0 Å². The van der Waals surface area contributed by atoms with Crippen LogP contribution in [0.2, 0.25) is 10.0 Å². The number of hydrogen-bond acceptors (Lipinski definition) is 4. The standard InChI is InChI=1S/C24H20Cl2N2O3S/c1-15-5-11-20(12-6-15)32(30,31)28-22-4-2-3-16-7-9-19(27-23(16)22)10-8-17-13-18(25)14-21(26)24(17)29/h2-7,9,11-14,28-29H,8,10H2,1H3. The van der Waals surface area contributed by atoms with Crippen molar-refractivity contribution >= 4 is 49.8 Å². The first kappa shape index (κ1) is 22.4. The van der Waals surface area contributed by atoms with E-state index in [1.807, 2.05) is 25.1 Å². The molecule has 0 spiro atoms. The fourth-order valence-electron chi connectivity index (χ4n) is 3.40. The molecule has 8 heteroatoms. The molecule has 1 aromatic heterocycles. The van der Waals surface area contributed by atoms with E-state index in [1.54, 1.807) is 42.5 Å². The smallest absolute Gasteiger partial charge is 0.261 e. The number of nitrogens with one attached hydrogen (secondary N) is 1. The van der Waals surface area contributed by atoms with E-state index in [2.05, 4.69) is 9.71 Å². The number of phenols is 1. The average Bonchev–Trinajstić information content (AvgIpc) is 2.75. The molecule has 0 amide bonds. The van der Waals surface area contributed by atoms with Gasteiger partial charge in [0.05, 0.1) is 21.1 Å². The summed E-state index contributed by atoms with van der Waals surface area (Å²) in [6, 6.07) is 18.9. The predicted molar refractivity (Wildman–Crippen MR) is 129 cm³/mol. The summed E-state index contributed by atoms with van der Waals surface area (Å²) in [7, 11) is -3.76. The number of fused-ring (bicyclic) bond motifs is 1. The second-order valence-electron chi connectivity index (χ2n) is 7.49. The number of sulfonamides is 1. The third-order valence-corrected chi connectivity index (χ3v) is 7.00. The van der Waals surface area contributed by atoms with Gasteiger partial charge in [-0.2, -0.15) is 0 Å². The molecule has 0 saturated heterocycles. The van der Waals surface area contributed by atoms with Crippen LogP contribution in [-0.2, 0) is 22.9 Å². The first-order chi connectivity index (χ1) is 15.2. The molecule has 5 nitrogen and oxygen atoms in total. The average molecular weight is 487 g/mol. The SMILES string of the molecule is Cc1ccc(S(=O)(=O)Nc2cccc3ccc(CCc4cc(Cl)cc(Cl)c4O)nc23)cc1. The molecule has 0 saturated carbocycles. The molecule has 0 fully saturated rings. The van der Waals surface area contributed by atoms with Gasteiger partial charge in [0.1, 0.15) is 5.75 Å². The highest BCUT2D eigenvalue weighted by molar-refractivity contribution is 7.92. The van der Waals surface area contributed by atoms with Gasteiger partial charge in [0, 0.05) is 16.1 Å². The molecule has 0 aliphatic rings. The number of benzene rings is 3. The van der Waals surface area contributed by atoms with Gasteiger partial charge in [-0.05, 0) is 61.7 Å². The zero-order valence-corrected chi connectivity index (χ0v) is 19.5. The fraction of sp³-hybridized carbons (Fsp3) is 0.125. The topological polar surface area (TPSA) is 79.3 Å². The monoisotopic (exact) mass is 486 g/mol. The number of nitrogens with zero attached hydrogens (tertiary/aromatic N) is 1. The molecule has 0 unspecified atom stereocenters. The molecule has 4 aromatic rings. The molecule has 4 rings (SSSR count). The molecule has 3 aromatic carbocycles. The molecule has 0 atom stereocenters. The second kappa shape index (κ2) is 8.98. The molecule has 0 bridgehead atoms. The Morgan fingerprint density at radius 1 is 0.969 bits per heavy atom. The molecule has 164 valence electrons. The van der Waals surface area contributed by atoms with Crippen LogP contribution in [0, 0.1) is 6.92 Å². The van der Waals surface area contributed by atoms with Crippen LogP contribution in [0.25, 0.3) is 10.9 Å². The van der Waals surface area contributed by atoms with Gasteiger partial charge >= 0.3 is 0 Å². The van der Waals surface area contributed by atoms with Crippen molar-refractivity contribution in [3.63, 3.8) is 0 Å². The van der Waals surface area contributed by atoms with Crippen LogP contribution in [0.4, 0.5) is 5.69 Å². The second-order valence-corrected chi connectivity index (χ2v) is 10.0. The van der Waals surface area contributed by atoms with Crippen LogP contribution in [0.3, 0.4) is 0 Å². The Kier molecular flexibility index (Phi) is 6.29. The number of aryl methyl sites for hydroxylation is 3. The zero-order valence-electron chi connectivity index (χ0n) is 17.1. The summed E-state index contributed by atoms with van der Waals surface area (Å²) in [5.41, 5.74) is 3.30. The fourth-order valence-corrected chi connectivity index (χ4v) is 5.00. The van der Waals surface area contributed by atoms with Crippen LogP contribution in [0.15, 0.2) is 71.6 Å². The zero-order chi connectivity index (χ0) is 22.9. The minimum absolute atomic E-state index is 0.00315. The summed E-state index contributed by atoms with van der Waals surface area (Å²) in [5.74, 6) is 0.00315. The molecule has 2 N–H and O–H groups in total. The van der Waals surface area contributed by atoms with Crippen molar-refractivity contribution in [1.82, 2.24) is 4.98 Å². The molecule has 32 heavy (non-hydrogen) atoms. The number of anilines is 1.